The summed E-state index contributed by atoms with van der Waals surface area (Å²) in [4.78, 5) is 3.99. The van der Waals surface area contributed by atoms with Crippen LogP contribution in [0.25, 0.3) is 0 Å². The molecule has 2 nitrogen and oxygen atoms in total. The van der Waals surface area contributed by atoms with Crippen LogP contribution in [0.2, 0.25) is 0 Å². The van der Waals surface area contributed by atoms with Gasteiger partial charge in [0.05, 0.1) is 6.04 Å². The van der Waals surface area contributed by atoms with Crippen molar-refractivity contribution in [3.8, 4) is 0 Å². The Balaban J connectivity index is 2.08. The molecular weight excluding hydrogens is 296 g/mol. The summed E-state index contributed by atoms with van der Waals surface area (Å²) in [6.07, 6.45) is 1.34. The first-order valence-electron chi connectivity index (χ1n) is 7.02. The van der Waals surface area contributed by atoms with Gasteiger partial charge in [-0.15, -0.1) is 0 Å². The van der Waals surface area contributed by atoms with Crippen molar-refractivity contribution in [2.45, 2.75) is 25.8 Å². The second kappa shape index (κ2) is 5.59. The number of hydrogen-bond acceptors (Lipinski definition) is 2. The largest absolute Gasteiger partial charge is 0.359 e. The second-order valence-corrected chi connectivity index (χ2v) is 5.44. The number of pyridine rings is 1. The van der Waals surface area contributed by atoms with Gasteiger partial charge in [-0.2, -0.15) is 22.5 Å². The Bertz CT molecular complexity index is 691. The zero-order valence-corrected chi connectivity index (χ0v) is 11.9. The van der Waals surface area contributed by atoms with E-state index in [4.69, 9.17) is 0 Å². The number of aromatic nitrogens is 1. The highest BCUT2D eigenvalue weighted by atomic mass is 19.2. The normalized spacial score (nSPS) is 18.0. The van der Waals surface area contributed by atoms with Crippen LogP contribution in [0.4, 0.5) is 23.2 Å². The van der Waals surface area contributed by atoms with E-state index in [1.807, 2.05) is 31.2 Å². The highest BCUT2D eigenvalue weighted by molar-refractivity contribution is 5.52. The molecule has 1 saturated heterocycles. The lowest BCUT2D eigenvalue weighted by Gasteiger charge is -2.28. The molecule has 1 aliphatic rings. The number of benzene rings is 1. The number of rotatable bonds is 2. The zero-order chi connectivity index (χ0) is 15.9. The number of halogens is 4. The number of aryl methyl sites for hydroxylation is 1. The molecule has 0 radical (unpaired) electrons. The average Bonchev–Trinajstić information content (AvgIpc) is 2.95. The van der Waals surface area contributed by atoms with Crippen LogP contribution in [0, 0.1) is 30.5 Å². The van der Waals surface area contributed by atoms with E-state index < -0.39 is 29.2 Å². The summed E-state index contributed by atoms with van der Waals surface area (Å²) in [7, 11) is 0. The monoisotopic (exact) mass is 310 g/mol. The molecule has 0 saturated carbocycles. The van der Waals surface area contributed by atoms with E-state index in [9.17, 15) is 17.6 Å². The number of anilines is 1. The van der Waals surface area contributed by atoms with Crippen molar-refractivity contribution in [3.63, 3.8) is 0 Å². The van der Waals surface area contributed by atoms with Crippen LogP contribution in [0.15, 0.2) is 24.3 Å². The predicted octanol–water partition coefficient (Wildman–Crippen LogP) is 4.29. The summed E-state index contributed by atoms with van der Waals surface area (Å²) in [6.45, 7) is 2.24. The van der Waals surface area contributed by atoms with Crippen molar-refractivity contribution in [2.75, 3.05) is 11.4 Å². The summed E-state index contributed by atoms with van der Waals surface area (Å²) >= 11 is 0. The molecule has 2 heterocycles. The third-order valence-electron chi connectivity index (χ3n) is 3.94. The van der Waals surface area contributed by atoms with Crippen molar-refractivity contribution in [1.82, 2.24) is 4.98 Å². The molecule has 6 heteroatoms. The third-order valence-corrected chi connectivity index (χ3v) is 3.94. The molecule has 116 valence electrons. The first-order valence-corrected chi connectivity index (χ1v) is 7.02. The Morgan fingerprint density at radius 1 is 1.09 bits per heavy atom. The molecule has 0 spiro atoms. The maximum Gasteiger partial charge on any atom is 0.253 e. The fourth-order valence-electron chi connectivity index (χ4n) is 2.99. The van der Waals surface area contributed by atoms with Crippen LogP contribution in [0.3, 0.4) is 0 Å². The van der Waals surface area contributed by atoms with Crippen LogP contribution < -0.4 is 4.90 Å². The summed E-state index contributed by atoms with van der Waals surface area (Å²) in [5, 5.41) is 0. The minimum atomic E-state index is -1.62. The van der Waals surface area contributed by atoms with E-state index in [2.05, 4.69) is 4.98 Å². The molecule has 0 aliphatic carbocycles. The SMILES string of the molecule is Cc1cccc(C2CCCN2c2c(F)c(F)nc(F)c2F)c1. The van der Waals surface area contributed by atoms with E-state index in [0.717, 1.165) is 11.1 Å². The fraction of sp³-hybridized carbons (Fsp3) is 0.312. The lowest BCUT2D eigenvalue weighted by Crippen LogP contribution is -2.26. The maximum atomic E-state index is 14.0. The van der Waals surface area contributed by atoms with Gasteiger partial charge in [-0.25, -0.2) is 0 Å². The third kappa shape index (κ3) is 2.42. The summed E-state index contributed by atoms with van der Waals surface area (Å²) in [5.74, 6) is -6.13. The van der Waals surface area contributed by atoms with E-state index in [0.29, 0.717) is 19.4 Å². The Morgan fingerprint density at radius 2 is 1.77 bits per heavy atom. The van der Waals surface area contributed by atoms with E-state index in [1.165, 1.54) is 4.90 Å². The van der Waals surface area contributed by atoms with Gasteiger partial charge in [-0.05, 0) is 25.3 Å². The van der Waals surface area contributed by atoms with Crippen molar-refractivity contribution in [1.29, 1.82) is 0 Å². The fourth-order valence-corrected chi connectivity index (χ4v) is 2.99. The Kier molecular flexibility index (Phi) is 3.76. The Hall–Kier alpha value is -2.11. The van der Waals surface area contributed by atoms with Crippen LogP contribution in [0.1, 0.15) is 30.0 Å². The van der Waals surface area contributed by atoms with Crippen molar-refractivity contribution in [2.24, 2.45) is 0 Å². The molecular formula is C16H14F4N2. The van der Waals surface area contributed by atoms with Gasteiger partial charge in [0, 0.05) is 6.54 Å². The van der Waals surface area contributed by atoms with Gasteiger partial charge in [0.1, 0.15) is 5.69 Å². The highest BCUT2D eigenvalue weighted by Gasteiger charge is 2.33. The molecule has 3 rings (SSSR count). The van der Waals surface area contributed by atoms with Gasteiger partial charge >= 0.3 is 0 Å². The van der Waals surface area contributed by atoms with Gasteiger partial charge < -0.3 is 4.90 Å². The highest BCUT2D eigenvalue weighted by Crippen LogP contribution is 2.39. The maximum absolute atomic E-state index is 14.0. The van der Waals surface area contributed by atoms with Crippen molar-refractivity contribution < 1.29 is 17.6 Å². The van der Waals surface area contributed by atoms with Crippen LogP contribution in [-0.4, -0.2) is 11.5 Å². The average molecular weight is 310 g/mol. The minimum absolute atomic E-state index is 0.315. The van der Waals surface area contributed by atoms with Gasteiger partial charge in [0.25, 0.3) is 11.9 Å². The molecule has 1 atom stereocenters. The summed E-state index contributed by atoms with van der Waals surface area (Å²) in [5.41, 5.74) is 1.21. The topological polar surface area (TPSA) is 16.1 Å². The molecule has 0 N–H and O–H groups in total. The summed E-state index contributed by atoms with van der Waals surface area (Å²) in [6, 6.07) is 7.20. The number of hydrogen-bond donors (Lipinski definition) is 0. The molecule has 0 bridgehead atoms. The minimum Gasteiger partial charge on any atom is -0.359 e. The lowest BCUT2D eigenvalue weighted by atomic mass is 10.0. The molecule has 1 unspecified atom stereocenters. The van der Waals surface area contributed by atoms with Gasteiger partial charge in [-0.3, -0.25) is 0 Å². The van der Waals surface area contributed by atoms with E-state index >= 15 is 0 Å². The first-order chi connectivity index (χ1) is 10.5. The molecule has 22 heavy (non-hydrogen) atoms. The Labute approximate surface area is 125 Å². The number of nitrogens with zero attached hydrogens (tertiary/aromatic N) is 2. The molecule has 1 aromatic carbocycles. The molecule has 1 aromatic heterocycles. The van der Waals surface area contributed by atoms with Crippen molar-refractivity contribution in [3.05, 3.63) is 58.9 Å². The summed E-state index contributed by atoms with van der Waals surface area (Å²) < 4.78 is 54.6. The quantitative estimate of drug-likeness (QED) is 0.608. The van der Waals surface area contributed by atoms with Gasteiger partial charge in [0.15, 0.2) is 0 Å². The molecule has 1 fully saturated rings. The Morgan fingerprint density at radius 3 is 2.41 bits per heavy atom. The standard InChI is InChI=1S/C16H14F4N2/c1-9-4-2-5-10(8-9)11-6-3-7-22(11)14-12(17)15(19)21-16(20)13(14)18/h2,4-5,8,11H,3,6-7H2,1H3. The predicted molar refractivity (Wildman–Crippen MR) is 74.6 cm³/mol. The second-order valence-electron chi connectivity index (χ2n) is 5.44. The molecule has 0 amide bonds. The smallest absolute Gasteiger partial charge is 0.253 e. The van der Waals surface area contributed by atoms with Crippen molar-refractivity contribution >= 4 is 5.69 Å². The van der Waals surface area contributed by atoms with Gasteiger partial charge in [0.2, 0.25) is 11.6 Å². The molecule has 2 aromatic rings. The zero-order valence-electron chi connectivity index (χ0n) is 11.9. The van der Waals surface area contributed by atoms with E-state index in [1.54, 1.807) is 0 Å². The van der Waals surface area contributed by atoms with Crippen LogP contribution in [-0.2, 0) is 0 Å². The molecule has 1 aliphatic heterocycles. The first kappa shape index (κ1) is 14.8. The van der Waals surface area contributed by atoms with Crippen LogP contribution in [0.5, 0.6) is 0 Å². The lowest BCUT2D eigenvalue weighted by molar-refractivity contribution is 0.405. The van der Waals surface area contributed by atoms with Crippen LogP contribution >= 0.6 is 0 Å². The van der Waals surface area contributed by atoms with E-state index in [-0.39, 0.29) is 6.04 Å². The van der Waals surface area contributed by atoms with Gasteiger partial charge in [-0.1, -0.05) is 29.8 Å².